The smallest absolute Gasteiger partial charge is 0.258 e. The van der Waals surface area contributed by atoms with Crippen LogP contribution in [0.4, 0.5) is 5.69 Å². The van der Waals surface area contributed by atoms with Gasteiger partial charge in [-0.3, -0.25) is 9.59 Å². The van der Waals surface area contributed by atoms with E-state index >= 15 is 0 Å². The van der Waals surface area contributed by atoms with Gasteiger partial charge in [-0.1, -0.05) is 61.8 Å². The van der Waals surface area contributed by atoms with Gasteiger partial charge in [0.15, 0.2) is 0 Å². The Hall–Kier alpha value is -3.06. The van der Waals surface area contributed by atoms with Crippen molar-refractivity contribution in [3.05, 3.63) is 99.8 Å². The fourth-order valence-corrected chi connectivity index (χ4v) is 2.88. The monoisotopic (exact) mass is 473 g/mol. The number of benzene rings is 2. The molecule has 0 spiro atoms. The minimum absolute atomic E-state index is 0.0189. The number of halogens is 2. The van der Waals surface area contributed by atoms with E-state index in [1.54, 1.807) is 30.3 Å². The SMILES string of the molecule is C=C/C(Cl)=C\C=C(/N)NC(=O)c1cc(Cl)ccc1NC(=O)c1ccc(C(C)(C)CO)cc1. The normalized spacial score (nSPS) is 12.3. The van der Waals surface area contributed by atoms with Gasteiger partial charge in [-0.05, 0) is 48.0 Å². The summed E-state index contributed by atoms with van der Waals surface area (Å²) in [6.45, 7) is 7.31. The Morgan fingerprint density at radius 2 is 1.78 bits per heavy atom. The number of amides is 2. The first-order chi connectivity index (χ1) is 15.1. The molecule has 6 nitrogen and oxygen atoms in total. The number of allylic oxidation sites excluding steroid dienone is 4. The molecule has 0 aliphatic rings. The maximum Gasteiger partial charge on any atom is 0.258 e. The third-order valence-corrected chi connectivity index (χ3v) is 5.19. The van der Waals surface area contributed by atoms with Crippen molar-refractivity contribution in [3.63, 3.8) is 0 Å². The van der Waals surface area contributed by atoms with Crippen molar-refractivity contribution in [3.8, 4) is 0 Å². The first kappa shape index (κ1) is 25.2. The molecule has 32 heavy (non-hydrogen) atoms. The van der Waals surface area contributed by atoms with Gasteiger partial charge in [0.2, 0.25) is 0 Å². The molecule has 0 unspecified atom stereocenters. The molecule has 0 radical (unpaired) electrons. The minimum atomic E-state index is -0.556. The van der Waals surface area contributed by atoms with E-state index in [1.807, 2.05) is 13.8 Å². The molecule has 0 aromatic heterocycles. The molecule has 0 fully saturated rings. The highest BCUT2D eigenvalue weighted by Gasteiger charge is 2.20. The van der Waals surface area contributed by atoms with E-state index in [0.29, 0.717) is 15.6 Å². The lowest BCUT2D eigenvalue weighted by Crippen LogP contribution is -2.28. The molecular formula is C24H25Cl2N3O3. The van der Waals surface area contributed by atoms with Crippen LogP contribution in [0.15, 0.2) is 78.1 Å². The van der Waals surface area contributed by atoms with E-state index < -0.39 is 17.2 Å². The third-order valence-electron chi connectivity index (χ3n) is 4.67. The minimum Gasteiger partial charge on any atom is -0.395 e. The third kappa shape index (κ3) is 6.72. The highest BCUT2D eigenvalue weighted by molar-refractivity contribution is 6.31. The first-order valence-electron chi connectivity index (χ1n) is 9.66. The number of aliphatic hydroxyl groups excluding tert-OH is 1. The fraction of sp³-hybridized carbons (Fsp3) is 0.167. The molecule has 8 heteroatoms. The number of carbonyl (C=O) groups is 2. The Bertz CT molecular complexity index is 1070. The summed E-state index contributed by atoms with van der Waals surface area (Å²) in [6, 6.07) is 11.4. The van der Waals surface area contributed by atoms with Crippen LogP contribution in [0, 0.1) is 0 Å². The first-order valence-corrected chi connectivity index (χ1v) is 10.4. The topological polar surface area (TPSA) is 104 Å². The highest BCUT2D eigenvalue weighted by Crippen LogP contribution is 2.24. The Morgan fingerprint density at radius 1 is 1.12 bits per heavy atom. The van der Waals surface area contributed by atoms with Gasteiger partial charge in [-0.2, -0.15) is 0 Å². The van der Waals surface area contributed by atoms with E-state index in [2.05, 4.69) is 17.2 Å². The van der Waals surface area contributed by atoms with Crippen LogP contribution in [0.25, 0.3) is 0 Å². The van der Waals surface area contributed by atoms with Crippen molar-refractivity contribution in [2.24, 2.45) is 5.73 Å². The number of nitrogens with one attached hydrogen (secondary N) is 2. The van der Waals surface area contributed by atoms with Crippen LogP contribution >= 0.6 is 23.2 Å². The molecular weight excluding hydrogens is 449 g/mol. The second kappa shape index (κ2) is 11.0. The number of carbonyl (C=O) groups excluding carboxylic acids is 2. The summed E-state index contributed by atoms with van der Waals surface area (Å²) in [7, 11) is 0. The summed E-state index contributed by atoms with van der Waals surface area (Å²) in [6.07, 6.45) is 4.32. The van der Waals surface area contributed by atoms with Crippen LogP contribution in [-0.4, -0.2) is 23.5 Å². The molecule has 0 saturated heterocycles. The second-order valence-corrected chi connectivity index (χ2v) is 8.47. The summed E-state index contributed by atoms with van der Waals surface area (Å²) >= 11 is 11.9. The van der Waals surface area contributed by atoms with E-state index in [9.17, 15) is 14.7 Å². The van der Waals surface area contributed by atoms with Crippen molar-refractivity contribution in [1.82, 2.24) is 5.32 Å². The molecule has 5 N–H and O–H groups in total. The Morgan fingerprint density at radius 3 is 2.38 bits per heavy atom. The fourth-order valence-electron chi connectivity index (χ4n) is 2.65. The van der Waals surface area contributed by atoms with Crippen molar-refractivity contribution < 1.29 is 14.7 Å². The molecule has 168 valence electrons. The summed E-state index contributed by atoms with van der Waals surface area (Å²) < 4.78 is 0. The van der Waals surface area contributed by atoms with Gasteiger partial charge in [-0.15, -0.1) is 0 Å². The van der Waals surface area contributed by atoms with Crippen LogP contribution in [0.1, 0.15) is 40.1 Å². The number of hydrogen-bond acceptors (Lipinski definition) is 4. The summed E-state index contributed by atoms with van der Waals surface area (Å²) in [4.78, 5) is 25.5. The largest absolute Gasteiger partial charge is 0.395 e. The number of aliphatic hydroxyl groups is 1. The average molecular weight is 474 g/mol. The van der Waals surface area contributed by atoms with Gasteiger partial charge >= 0.3 is 0 Å². The standard InChI is InChI=1S/C24H25Cl2N3O3/c1-4-17(25)10-12-21(27)29-23(32)19-13-18(26)9-11-20(19)28-22(31)15-5-7-16(8-6-15)24(2,3)14-30/h4-13,30H,1,14,27H2,2-3H3,(H,28,31)(H,29,32)/b17-10+,21-12+. The summed E-state index contributed by atoms with van der Waals surface area (Å²) in [5.41, 5.74) is 7.09. The van der Waals surface area contributed by atoms with Crippen molar-refractivity contribution in [2.45, 2.75) is 19.3 Å². The van der Waals surface area contributed by atoms with E-state index in [1.165, 1.54) is 30.4 Å². The van der Waals surface area contributed by atoms with Gasteiger partial charge in [0.1, 0.15) is 5.82 Å². The maximum absolute atomic E-state index is 12.7. The molecule has 0 heterocycles. The van der Waals surface area contributed by atoms with Gasteiger partial charge in [0.05, 0.1) is 17.9 Å². The zero-order chi connectivity index (χ0) is 23.9. The molecule has 2 aromatic rings. The lowest BCUT2D eigenvalue weighted by Gasteiger charge is -2.22. The van der Waals surface area contributed by atoms with Crippen molar-refractivity contribution in [2.75, 3.05) is 11.9 Å². The van der Waals surface area contributed by atoms with Crippen molar-refractivity contribution in [1.29, 1.82) is 0 Å². The molecule has 0 saturated carbocycles. The van der Waals surface area contributed by atoms with Gasteiger partial charge in [0, 0.05) is 21.0 Å². The van der Waals surface area contributed by atoms with E-state index in [4.69, 9.17) is 28.9 Å². The molecule has 0 aliphatic carbocycles. The molecule has 0 bridgehead atoms. The van der Waals surface area contributed by atoms with Gasteiger partial charge in [0.25, 0.3) is 11.8 Å². The van der Waals surface area contributed by atoms with E-state index in [0.717, 1.165) is 5.56 Å². The quantitative estimate of drug-likeness (QED) is 0.417. The predicted molar refractivity (Wildman–Crippen MR) is 130 cm³/mol. The van der Waals surface area contributed by atoms with Crippen LogP contribution in [0.3, 0.4) is 0 Å². The number of nitrogens with two attached hydrogens (primary N) is 1. The summed E-state index contributed by atoms with van der Waals surface area (Å²) in [5, 5.41) is 15.4. The zero-order valence-corrected chi connectivity index (χ0v) is 19.3. The average Bonchev–Trinajstić information content (AvgIpc) is 2.78. The zero-order valence-electron chi connectivity index (χ0n) is 17.8. The highest BCUT2D eigenvalue weighted by atomic mass is 35.5. The number of anilines is 1. The number of hydrogen-bond donors (Lipinski definition) is 4. The lowest BCUT2D eigenvalue weighted by molar-refractivity contribution is 0.0966. The van der Waals surface area contributed by atoms with E-state index in [-0.39, 0.29) is 23.7 Å². The van der Waals surface area contributed by atoms with Crippen LogP contribution in [0.5, 0.6) is 0 Å². The van der Waals surface area contributed by atoms with Crippen LogP contribution in [0.2, 0.25) is 5.02 Å². The Balaban J connectivity index is 2.23. The molecule has 0 atom stereocenters. The molecule has 0 aliphatic heterocycles. The Labute approximate surface area is 197 Å². The maximum atomic E-state index is 12.7. The summed E-state index contributed by atoms with van der Waals surface area (Å²) in [5.74, 6) is -0.909. The van der Waals surface area contributed by atoms with Crippen molar-refractivity contribution >= 4 is 40.7 Å². The second-order valence-electron chi connectivity index (χ2n) is 7.60. The van der Waals surface area contributed by atoms with Crippen LogP contribution in [-0.2, 0) is 5.41 Å². The molecule has 2 aromatic carbocycles. The molecule has 2 amide bonds. The number of rotatable bonds is 8. The van der Waals surface area contributed by atoms with Gasteiger partial charge < -0.3 is 21.5 Å². The van der Waals surface area contributed by atoms with Gasteiger partial charge in [-0.25, -0.2) is 0 Å². The Kier molecular flexibility index (Phi) is 8.66. The predicted octanol–water partition coefficient (Wildman–Crippen LogP) is 4.70. The molecule has 2 rings (SSSR count). The lowest BCUT2D eigenvalue weighted by atomic mass is 9.85. The van der Waals surface area contributed by atoms with Crippen LogP contribution < -0.4 is 16.4 Å².